The first-order valence-electron chi connectivity index (χ1n) is 18.7. The molecule has 272 valence electrons. The molecule has 0 saturated carbocycles. The molecule has 0 spiro atoms. The second-order valence-electron chi connectivity index (χ2n) is 14.0. The van der Waals surface area contributed by atoms with Crippen molar-refractivity contribution in [1.82, 2.24) is 0 Å². The lowest BCUT2D eigenvalue weighted by Gasteiger charge is -2.36. The molecule has 3 atom stereocenters. The van der Waals surface area contributed by atoms with Gasteiger partial charge in [-0.3, -0.25) is 0 Å². The molecule has 0 unspecified atom stereocenters. The van der Waals surface area contributed by atoms with Crippen molar-refractivity contribution in [3.63, 3.8) is 0 Å². The third kappa shape index (κ3) is 16.1. The van der Waals surface area contributed by atoms with E-state index in [1.807, 2.05) is 13.8 Å². The molecule has 0 N–H and O–H groups in total. The summed E-state index contributed by atoms with van der Waals surface area (Å²) in [7, 11) is 0.893. The third-order valence-corrected chi connectivity index (χ3v) is 9.46. The Kier molecular flexibility index (Phi) is 20.2. The van der Waals surface area contributed by atoms with Crippen LogP contribution in [0.1, 0.15) is 168 Å². The average Bonchev–Trinajstić information content (AvgIpc) is 3.01. The van der Waals surface area contributed by atoms with Crippen molar-refractivity contribution in [2.24, 2.45) is 0 Å². The molecule has 0 bridgehead atoms. The molecule has 0 radical (unpaired) electrons. The van der Waals surface area contributed by atoms with Gasteiger partial charge in [-0.1, -0.05) is 146 Å². The minimum absolute atomic E-state index is 0.280. The Bertz CT molecular complexity index is 938. The van der Waals surface area contributed by atoms with Crippen LogP contribution in [0, 0.1) is 0 Å². The summed E-state index contributed by atoms with van der Waals surface area (Å²) >= 11 is 0. The zero-order chi connectivity index (χ0) is 34.4. The standard InChI is InChI=1S/C39H65F3O5/c1-33(46-36(43)38(44-4,39(40,41)42)34-28-24-22-25-29-34)27-23-20-18-16-14-12-10-8-6-5-7-9-11-13-15-17-19-21-26-30-35-31-32-45-37(2,3)47-35/h22,24-25,28-29,33,35H,5-21,23,26-27,30-32H2,1-4H3/t33-,35-,38-/m1/s1. The van der Waals surface area contributed by atoms with Gasteiger partial charge in [0.25, 0.3) is 5.60 Å². The average molecular weight is 671 g/mol. The van der Waals surface area contributed by atoms with E-state index in [9.17, 15) is 18.0 Å². The van der Waals surface area contributed by atoms with Crippen LogP contribution in [0.5, 0.6) is 0 Å². The van der Waals surface area contributed by atoms with Crippen molar-refractivity contribution in [2.75, 3.05) is 13.7 Å². The first kappa shape index (κ1) is 41.5. The zero-order valence-electron chi connectivity index (χ0n) is 30.0. The van der Waals surface area contributed by atoms with Gasteiger partial charge in [-0.25, -0.2) is 4.79 Å². The highest BCUT2D eigenvalue weighted by Crippen LogP contribution is 2.43. The van der Waals surface area contributed by atoms with E-state index in [1.165, 1.54) is 133 Å². The zero-order valence-corrected chi connectivity index (χ0v) is 30.0. The summed E-state index contributed by atoms with van der Waals surface area (Å²) in [6.45, 7) is 6.50. The van der Waals surface area contributed by atoms with E-state index in [-0.39, 0.29) is 5.56 Å². The van der Waals surface area contributed by atoms with E-state index in [4.69, 9.17) is 18.9 Å². The fraction of sp³-hybridized carbons (Fsp3) is 0.821. The molecule has 0 amide bonds. The highest BCUT2D eigenvalue weighted by molar-refractivity contribution is 5.82. The van der Waals surface area contributed by atoms with E-state index < -0.39 is 29.6 Å². The van der Waals surface area contributed by atoms with Crippen molar-refractivity contribution in [1.29, 1.82) is 0 Å². The number of hydrogen-bond donors (Lipinski definition) is 0. The number of methoxy groups -OCH3 is 1. The first-order chi connectivity index (χ1) is 22.5. The second-order valence-corrected chi connectivity index (χ2v) is 14.0. The van der Waals surface area contributed by atoms with E-state index in [0.29, 0.717) is 12.5 Å². The largest absolute Gasteiger partial charge is 0.460 e. The highest BCUT2D eigenvalue weighted by atomic mass is 19.4. The summed E-state index contributed by atoms with van der Waals surface area (Å²) in [4.78, 5) is 12.7. The fourth-order valence-corrected chi connectivity index (χ4v) is 6.65. The molecule has 1 aromatic rings. The Hall–Kier alpha value is -1.64. The predicted molar refractivity (Wildman–Crippen MR) is 183 cm³/mol. The number of hydrogen-bond acceptors (Lipinski definition) is 5. The summed E-state index contributed by atoms with van der Waals surface area (Å²) < 4.78 is 63.8. The Morgan fingerprint density at radius 3 is 1.66 bits per heavy atom. The molecule has 1 aliphatic rings. The quantitative estimate of drug-likeness (QED) is 0.0725. The number of carbonyl (C=O) groups is 1. The number of halogens is 3. The lowest BCUT2D eigenvalue weighted by molar-refractivity contribution is -0.278. The summed E-state index contributed by atoms with van der Waals surface area (Å²) in [5.41, 5.74) is -3.40. The lowest BCUT2D eigenvalue weighted by atomic mass is 9.92. The van der Waals surface area contributed by atoms with E-state index in [0.717, 1.165) is 39.4 Å². The van der Waals surface area contributed by atoms with Crippen LogP contribution in [-0.2, 0) is 29.3 Å². The van der Waals surface area contributed by atoms with Crippen molar-refractivity contribution in [3.05, 3.63) is 35.9 Å². The molecule has 0 aliphatic carbocycles. The highest BCUT2D eigenvalue weighted by Gasteiger charge is 2.64. The number of unbranched alkanes of at least 4 members (excludes halogenated alkanes) is 18. The molecule has 1 aromatic carbocycles. The van der Waals surface area contributed by atoms with Gasteiger partial charge in [0.1, 0.15) is 0 Å². The van der Waals surface area contributed by atoms with Crippen LogP contribution in [-0.4, -0.2) is 43.9 Å². The van der Waals surface area contributed by atoms with Gasteiger partial charge >= 0.3 is 12.1 Å². The van der Waals surface area contributed by atoms with E-state index >= 15 is 0 Å². The van der Waals surface area contributed by atoms with Crippen LogP contribution < -0.4 is 0 Å². The van der Waals surface area contributed by atoms with Gasteiger partial charge in [0.05, 0.1) is 18.8 Å². The van der Waals surface area contributed by atoms with Gasteiger partial charge in [0.2, 0.25) is 0 Å². The smallest absolute Gasteiger partial charge is 0.432 e. The van der Waals surface area contributed by atoms with Gasteiger partial charge in [-0.05, 0) is 46.5 Å². The van der Waals surface area contributed by atoms with Gasteiger partial charge < -0.3 is 18.9 Å². The molecule has 5 nitrogen and oxygen atoms in total. The normalized spacial score (nSPS) is 18.5. The van der Waals surface area contributed by atoms with E-state index in [2.05, 4.69) is 0 Å². The molecular weight excluding hydrogens is 605 g/mol. The second kappa shape index (κ2) is 22.9. The van der Waals surface area contributed by atoms with Crippen molar-refractivity contribution >= 4 is 5.97 Å². The van der Waals surface area contributed by atoms with Crippen molar-refractivity contribution in [3.8, 4) is 0 Å². The molecule has 0 aromatic heterocycles. The molecule has 47 heavy (non-hydrogen) atoms. The molecule has 1 saturated heterocycles. The summed E-state index contributed by atoms with van der Waals surface area (Å²) in [5, 5.41) is 0. The van der Waals surface area contributed by atoms with Gasteiger partial charge in [-0.15, -0.1) is 0 Å². The molecule has 8 heteroatoms. The van der Waals surface area contributed by atoms with Gasteiger partial charge in [-0.2, -0.15) is 13.2 Å². The van der Waals surface area contributed by atoms with Crippen molar-refractivity contribution < 1.29 is 36.9 Å². The SMILES string of the molecule is CO[C@@](C(=O)O[C@H](C)CCCCCCCCCCCCCCCCCCCCC[C@@H]1CCOC(C)(C)O1)(c1ccccc1)C(F)(F)F. The molecule has 1 aliphatic heterocycles. The van der Waals surface area contributed by atoms with Crippen LogP contribution in [0.15, 0.2) is 30.3 Å². The maximum Gasteiger partial charge on any atom is 0.432 e. The van der Waals surface area contributed by atoms with Crippen LogP contribution in [0.2, 0.25) is 0 Å². The lowest BCUT2D eigenvalue weighted by Crippen LogP contribution is -2.52. The van der Waals surface area contributed by atoms with Gasteiger partial charge in [0, 0.05) is 12.7 Å². The van der Waals surface area contributed by atoms with Crippen LogP contribution in [0.25, 0.3) is 0 Å². The number of ether oxygens (including phenoxy) is 4. The van der Waals surface area contributed by atoms with Crippen LogP contribution in [0.4, 0.5) is 13.2 Å². The van der Waals surface area contributed by atoms with Crippen LogP contribution >= 0.6 is 0 Å². The molecule has 1 fully saturated rings. The molecular formula is C39H65F3O5. The molecule has 1 heterocycles. The predicted octanol–water partition coefficient (Wildman–Crippen LogP) is 11.8. The van der Waals surface area contributed by atoms with Crippen LogP contribution in [0.3, 0.4) is 0 Å². The Morgan fingerprint density at radius 1 is 0.787 bits per heavy atom. The maximum absolute atomic E-state index is 14.0. The monoisotopic (exact) mass is 670 g/mol. The minimum atomic E-state index is -4.94. The van der Waals surface area contributed by atoms with Gasteiger partial charge in [0.15, 0.2) is 5.79 Å². The fourth-order valence-electron chi connectivity index (χ4n) is 6.65. The Morgan fingerprint density at radius 2 is 1.23 bits per heavy atom. The summed E-state index contributed by atoms with van der Waals surface area (Å²) in [6.07, 6.45) is 21.6. The first-order valence-corrected chi connectivity index (χ1v) is 18.7. The number of carbonyl (C=O) groups excluding carboxylic acids is 1. The van der Waals surface area contributed by atoms with Crippen molar-refractivity contribution in [2.45, 2.75) is 192 Å². The number of esters is 1. The molecule has 2 rings (SSSR count). The third-order valence-electron chi connectivity index (χ3n) is 9.46. The van der Waals surface area contributed by atoms with E-state index in [1.54, 1.807) is 13.0 Å². The Balaban J connectivity index is 1.36. The minimum Gasteiger partial charge on any atom is -0.460 e. The maximum atomic E-state index is 14.0. The topological polar surface area (TPSA) is 54.0 Å². The number of benzene rings is 1. The number of rotatable bonds is 26. The number of alkyl halides is 3. The summed E-state index contributed by atoms with van der Waals surface area (Å²) in [6, 6.07) is 6.96. The Labute approximate surface area is 284 Å². The summed E-state index contributed by atoms with van der Waals surface area (Å²) in [5.74, 6) is -1.82.